The van der Waals surface area contributed by atoms with Gasteiger partial charge in [-0.1, -0.05) is 35.9 Å². The van der Waals surface area contributed by atoms with E-state index < -0.39 is 17.5 Å². The summed E-state index contributed by atoms with van der Waals surface area (Å²) in [6.45, 7) is 0. The third-order valence-corrected chi connectivity index (χ3v) is 4.10. The van der Waals surface area contributed by atoms with E-state index in [0.29, 0.717) is 16.1 Å². The second kappa shape index (κ2) is 4.99. The van der Waals surface area contributed by atoms with Gasteiger partial charge in [-0.2, -0.15) is 0 Å². The maximum Gasteiger partial charge on any atom is 0.141 e. The molecule has 0 saturated carbocycles. The van der Waals surface area contributed by atoms with E-state index in [1.54, 1.807) is 24.3 Å². The van der Waals surface area contributed by atoms with Crippen LogP contribution in [0.25, 0.3) is 0 Å². The van der Waals surface area contributed by atoms with E-state index in [2.05, 4.69) is 0 Å². The minimum atomic E-state index is -1.03. The molecule has 2 aromatic rings. The van der Waals surface area contributed by atoms with E-state index >= 15 is 0 Å². The number of epoxide rings is 1. The van der Waals surface area contributed by atoms with Gasteiger partial charge in [0.05, 0.1) is 5.88 Å². The molecule has 0 bridgehead atoms. The maximum absolute atomic E-state index is 14.0. The summed E-state index contributed by atoms with van der Waals surface area (Å²) in [4.78, 5) is 0. The maximum atomic E-state index is 14.0. The monoisotopic (exact) mass is 314 g/mol. The van der Waals surface area contributed by atoms with Gasteiger partial charge in [-0.25, -0.2) is 8.78 Å². The Morgan fingerprint density at radius 3 is 2.50 bits per heavy atom. The van der Waals surface area contributed by atoms with Gasteiger partial charge in [0.1, 0.15) is 23.3 Å². The van der Waals surface area contributed by atoms with Crippen LogP contribution in [0, 0.1) is 11.6 Å². The first kappa shape index (κ1) is 13.8. The second-order valence-corrected chi connectivity index (χ2v) is 5.37. The van der Waals surface area contributed by atoms with Crippen LogP contribution in [0.3, 0.4) is 0 Å². The normalized spacial score (nSPS) is 24.7. The Kier molecular flexibility index (Phi) is 3.44. The molecule has 1 nitrogen and oxygen atoms in total. The molecule has 1 aliphatic heterocycles. The molecule has 1 saturated heterocycles. The summed E-state index contributed by atoms with van der Waals surface area (Å²) in [5.41, 5.74) is -0.356. The zero-order valence-corrected chi connectivity index (χ0v) is 11.8. The van der Waals surface area contributed by atoms with Crippen molar-refractivity contribution in [2.24, 2.45) is 0 Å². The highest BCUT2D eigenvalue weighted by Gasteiger charge is 2.60. The van der Waals surface area contributed by atoms with Crippen LogP contribution >= 0.6 is 23.2 Å². The third-order valence-electron chi connectivity index (χ3n) is 3.47. The standard InChI is InChI=1S/C15H10Cl2F2O/c16-8-15(11-6-5-9(17)7-13(11)19)14(20-15)10-3-1-2-4-12(10)18/h1-7,14H,8H2. The zero-order valence-electron chi connectivity index (χ0n) is 10.2. The molecule has 0 spiro atoms. The number of hydrogen-bond donors (Lipinski definition) is 0. The molecular formula is C15H10Cl2F2O. The average Bonchev–Trinajstić information content (AvgIpc) is 3.15. The molecule has 1 fully saturated rings. The van der Waals surface area contributed by atoms with Crippen LogP contribution in [0.2, 0.25) is 5.02 Å². The summed E-state index contributed by atoms with van der Waals surface area (Å²) >= 11 is 11.7. The average molecular weight is 315 g/mol. The summed E-state index contributed by atoms with van der Waals surface area (Å²) in [6, 6.07) is 10.5. The number of rotatable bonds is 3. The molecule has 2 atom stereocenters. The van der Waals surface area contributed by atoms with Crippen molar-refractivity contribution in [1.29, 1.82) is 0 Å². The second-order valence-electron chi connectivity index (χ2n) is 4.67. The fourth-order valence-corrected chi connectivity index (χ4v) is 2.90. The molecule has 104 valence electrons. The molecule has 20 heavy (non-hydrogen) atoms. The molecule has 0 amide bonds. The van der Waals surface area contributed by atoms with Crippen LogP contribution in [0.4, 0.5) is 8.78 Å². The van der Waals surface area contributed by atoms with Crippen LogP contribution in [-0.2, 0) is 10.3 Å². The Bertz CT molecular complexity index is 662. The van der Waals surface area contributed by atoms with Gasteiger partial charge in [0.25, 0.3) is 0 Å². The fourth-order valence-electron chi connectivity index (χ4n) is 2.39. The van der Waals surface area contributed by atoms with E-state index in [1.165, 1.54) is 18.2 Å². The zero-order chi connectivity index (χ0) is 14.3. The molecule has 3 rings (SSSR count). The van der Waals surface area contributed by atoms with E-state index in [-0.39, 0.29) is 11.7 Å². The summed E-state index contributed by atoms with van der Waals surface area (Å²) in [5.74, 6) is -0.860. The van der Waals surface area contributed by atoms with E-state index in [4.69, 9.17) is 27.9 Å². The van der Waals surface area contributed by atoms with Crippen LogP contribution in [-0.4, -0.2) is 5.88 Å². The molecule has 0 N–H and O–H groups in total. The van der Waals surface area contributed by atoms with Crippen LogP contribution in [0.15, 0.2) is 42.5 Å². The highest BCUT2D eigenvalue weighted by Crippen LogP contribution is 2.58. The molecule has 0 aromatic heterocycles. The van der Waals surface area contributed by atoms with Gasteiger partial charge in [-0.15, -0.1) is 11.6 Å². The summed E-state index contributed by atoms with van der Waals surface area (Å²) < 4.78 is 33.4. The largest absolute Gasteiger partial charge is 0.354 e. The van der Waals surface area contributed by atoms with Gasteiger partial charge < -0.3 is 4.74 Å². The molecule has 2 unspecified atom stereocenters. The molecule has 5 heteroatoms. The first-order chi connectivity index (χ1) is 9.58. The Labute approximate surface area is 125 Å². The van der Waals surface area contributed by atoms with Crippen LogP contribution in [0.1, 0.15) is 17.2 Å². The highest BCUT2D eigenvalue weighted by atomic mass is 35.5. The topological polar surface area (TPSA) is 12.5 Å². The van der Waals surface area contributed by atoms with E-state index in [0.717, 1.165) is 0 Å². The lowest BCUT2D eigenvalue weighted by atomic mass is 9.92. The predicted molar refractivity (Wildman–Crippen MR) is 74.0 cm³/mol. The van der Waals surface area contributed by atoms with Crippen molar-refractivity contribution in [3.63, 3.8) is 0 Å². The van der Waals surface area contributed by atoms with Crippen molar-refractivity contribution >= 4 is 23.2 Å². The number of halogens is 4. The van der Waals surface area contributed by atoms with Gasteiger partial charge in [0, 0.05) is 16.1 Å². The Morgan fingerprint density at radius 1 is 1.10 bits per heavy atom. The van der Waals surface area contributed by atoms with Crippen molar-refractivity contribution in [3.8, 4) is 0 Å². The quantitative estimate of drug-likeness (QED) is 0.584. The number of alkyl halides is 1. The minimum absolute atomic E-state index is 0.0323. The number of ether oxygens (including phenoxy) is 1. The molecule has 2 aromatic carbocycles. The Morgan fingerprint density at radius 2 is 1.85 bits per heavy atom. The number of hydrogen-bond acceptors (Lipinski definition) is 1. The van der Waals surface area contributed by atoms with Crippen LogP contribution < -0.4 is 0 Å². The molecule has 0 aliphatic carbocycles. The molecule has 1 heterocycles. The number of benzene rings is 2. The lowest BCUT2D eigenvalue weighted by molar-refractivity contribution is 0.309. The first-order valence-corrected chi connectivity index (χ1v) is 6.93. The molecule has 0 radical (unpaired) electrons. The van der Waals surface area contributed by atoms with Crippen molar-refractivity contribution in [3.05, 3.63) is 70.2 Å². The predicted octanol–water partition coefficient (Wildman–Crippen LogP) is 4.82. The molecular weight excluding hydrogens is 305 g/mol. The van der Waals surface area contributed by atoms with Gasteiger partial charge >= 0.3 is 0 Å². The van der Waals surface area contributed by atoms with Crippen molar-refractivity contribution in [1.82, 2.24) is 0 Å². The fraction of sp³-hybridized carbons (Fsp3) is 0.200. The lowest BCUT2D eigenvalue weighted by Gasteiger charge is -2.11. The van der Waals surface area contributed by atoms with E-state index in [9.17, 15) is 8.78 Å². The van der Waals surface area contributed by atoms with Crippen molar-refractivity contribution in [2.75, 3.05) is 5.88 Å². The highest BCUT2D eigenvalue weighted by molar-refractivity contribution is 6.30. The first-order valence-electron chi connectivity index (χ1n) is 6.02. The van der Waals surface area contributed by atoms with E-state index in [1.807, 2.05) is 0 Å². The smallest absolute Gasteiger partial charge is 0.141 e. The van der Waals surface area contributed by atoms with Gasteiger partial charge in [0.15, 0.2) is 0 Å². The summed E-state index contributed by atoms with van der Waals surface area (Å²) in [5, 5.41) is 0.291. The summed E-state index contributed by atoms with van der Waals surface area (Å²) in [7, 11) is 0. The Balaban J connectivity index is 2.02. The summed E-state index contributed by atoms with van der Waals surface area (Å²) in [6.07, 6.45) is -0.586. The van der Waals surface area contributed by atoms with Gasteiger partial charge in [0.2, 0.25) is 0 Å². The Hall–Kier alpha value is -1.16. The van der Waals surface area contributed by atoms with Crippen LogP contribution in [0.5, 0.6) is 0 Å². The van der Waals surface area contributed by atoms with Crippen molar-refractivity contribution in [2.45, 2.75) is 11.7 Å². The lowest BCUT2D eigenvalue weighted by Crippen LogP contribution is -2.15. The third kappa shape index (κ3) is 2.10. The minimum Gasteiger partial charge on any atom is -0.354 e. The van der Waals surface area contributed by atoms with Gasteiger partial charge in [-0.3, -0.25) is 0 Å². The molecule has 1 aliphatic rings. The van der Waals surface area contributed by atoms with Gasteiger partial charge in [-0.05, 0) is 18.2 Å². The SMILES string of the molecule is Fc1ccccc1C1OC1(CCl)c1ccc(Cl)cc1F. The van der Waals surface area contributed by atoms with Crippen molar-refractivity contribution < 1.29 is 13.5 Å².